The first-order valence-electron chi connectivity index (χ1n) is 6.12. The summed E-state index contributed by atoms with van der Waals surface area (Å²) in [6.45, 7) is 1.37. The topological polar surface area (TPSA) is 90.4 Å². The predicted molar refractivity (Wildman–Crippen MR) is 68.1 cm³/mol. The Bertz CT molecular complexity index is 604. The highest BCUT2D eigenvalue weighted by Crippen LogP contribution is 2.27. The van der Waals surface area contributed by atoms with Gasteiger partial charge in [0.1, 0.15) is 0 Å². The van der Waals surface area contributed by atoms with Crippen molar-refractivity contribution in [3.05, 3.63) is 28.3 Å². The molecule has 1 N–H and O–H groups in total. The predicted octanol–water partition coefficient (Wildman–Crippen LogP) is 2.33. The van der Waals surface area contributed by atoms with Crippen LogP contribution in [0.3, 0.4) is 0 Å². The van der Waals surface area contributed by atoms with E-state index in [1.807, 2.05) is 0 Å². The Morgan fingerprint density at radius 3 is 3.11 bits per heavy atom. The molecule has 0 saturated carbocycles. The number of fused-ring (bicyclic) bond motifs is 1. The summed E-state index contributed by atoms with van der Waals surface area (Å²) in [4.78, 5) is 14.6. The minimum Gasteiger partial charge on any atom is -0.423 e. The van der Waals surface area contributed by atoms with E-state index in [2.05, 4.69) is 10.3 Å². The van der Waals surface area contributed by atoms with Crippen LogP contribution in [0, 0.1) is 10.1 Å². The molecule has 0 bridgehead atoms. The van der Waals surface area contributed by atoms with Gasteiger partial charge in [-0.2, -0.15) is 4.98 Å². The van der Waals surface area contributed by atoms with Crippen LogP contribution in [0.1, 0.15) is 12.8 Å². The first-order valence-corrected chi connectivity index (χ1v) is 6.12. The first kappa shape index (κ1) is 11.9. The van der Waals surface area contributed by atoms with Gasteiger partial charge in [-0.15, -0.1) is 0 Å². The van der Waals surface area contributed by atoms with Gasteiger partial charge in [0.15, 0.2) is 11.1 Å². The summed E-state index contributed by atoms with van der Waals surface area (Å²) < 4.78 is 10.8. The van der Waals surface area contributed by atoms with Gasteiger partial charge < -0.3 is 14.5 Å². The minimum absolute atomic E-state index is 0.0470. The fourth-order valence-corrected chi connectivity index (χ4v) is 2.17. The highest BCUT2D eigenvalue weighted by atomic mass is 16.6. The summed E-state index contributed by atoms with van der Waals surface area (Å²) in [5.41, 5.74) is 0.634. The summed E-state index contributed by atoms with van der Waals surface area (Å²) in [6.07, 6.45) is 1.96. The van der Waals surface area contributed by atoms with Gasteiger partial charge in [0.05, 0.1) is 17.6 Å². The average Bonchev–Trinajstić information content (AvgIpc) is 2.81. The second-order valence-corrected chi connectivity index (χ2v) is 4.46. The number of benzene rings is 1. The molecule has 100 valence electrons. The van der Waals surface area contributed by atoms with E-state index in [1.54, 1.807) is 12.1 Å². The molecule has 1 atom stereocenters. The van der Waals surface area contributed by atoms with Gasteiger partial charge in [0, 0.05) is 12.7 Å². The van der Waals surface area contributed by atoms with Gasteiger partial charge >= 0.3 is 0 Å². The summed E-state index contributed by atoms with van der Waals surface area (Å²) in [6, 6.07) is 5.11. The van der Waals surface area contributed by atoms with Gasteiger partial charge in [0.2, 0.25) is 0 Å². The van der Waals surface area contributed by atoms with Crippen LogP contribution in [0.15, 0.2) is 22.6 Å². The molecule has 0 amide bonds. The third-order valence-corrected chi connectivity index (χ3v) is 3.08. The molecule has 2 heterocycles. The average molecular weight is 263 g/mol. The molecule has 3 rings (SSSR count). The molecule has 19 heavy (non-hydrogen) atoms. The molecule has 2 aromatic rings. The van der Waals surface area contributed by atoms with Crippen molar-refractivity contribution in [3.8, 4) is 0 Å². The number of aromatic nitrogens is 1. The van der Waals surface area contributed by atoms with Crippen LogP contribution < -0.4 is 5.32 Å². The number of anilines is 1. The van der Waals surface area contributed by atoms with Crippen molar-refractivity contribution in [2.24, 2.45) is 0 Å². The molecule has 0 spiro atoms. The van der Waals surface area contributed by atoms with Crippen LogP contribution in [0.5, 0.6) is 0 Å². The van der Waals surface area contributed by atoms with Crippen molar-refractivity contribution >= 4 is 22.8 Å². The Hall–Kier alpha value is -2.15. The van der Waals surface area contributed by atoms with Gasteiger partial charge in [-0.05, 0) is 18.9 Å². The van der Waals surface area contributed by atoms with Crippen LogP contribution in [0.2, 0.25) is 0 Å². The molecule has 1 aromatic carbocycles. The van der Waals surface area contributed by atoms with E-state index in [4.69, 9.17) is 9.15 Å². The highest BCUT2D eigenvalue weighted by molar-refractivity contribution is 5.84. The molecule has 1 fully saturated rings. The summed E-state index contributed by atoms with van der Waals surface area (Å²) in [5, 5.41) is 14.0. The zero-order valence-electron chi connectivity index (χ0n) is 10.2. The van der Waals surface area contributed by atoms with Gasteiger partial charge in [0.25, 0.3) is 11.7 Å². The second-order valence-electron chi connectivity index (χ2n) is 4.46. The van der Waals surface area contributed by atoms with Gasteiger partial charge in [-0.25, -0.2) is 0 Å². The number of nitrogens with one attached hydrogen (secondary N) is 1. The van der Waals surface area contributed by atoms with E-state index in [0.29, 0.717) is 18.2 Å². The minimum atomic E-state index is -0.460. The van der Waals surface area contributed by atoms with Gasteiger partial charge in [-0.3, -0.25) is 10.1 Å². The molecule has 1 saturated heterocycles. The van der Waals surface area contributed by atoms with Crippen LogP contribution >= 0.6 is 0 Å². The number of oxazole rings is 1. The molecule has 1 aliphatic heterocycles. The maximum absolute atomic E-state index is 10.9. The number of nitro groups is 1. The molecule has 1 aliphatic rings. The molecule has 0 aliphatic carbocycles. The molecule has 7 nitrogen and oxygen atoms in total. The number of nitro benzene ring substituents is 1. The Morgan fingerprint density at radius 2 is 2.37 bits per heavy atom. The van der Waals surface area contributed by atoms with Crippen molar-refractivity contribution < 1.29 is 14.1 Å². The molecule has 1 aromatic heterocycles. The highest BCUT2D eigenvalue weighted by Gasteiger charge is 2.20. The van der Waals surface area contributed by atoms with Gasteiger partial charge in [-0.1, -0.05) is 6.07 Å². The van der Waals surface area contributed by atoms with Crippen molar-refractivity contribution in [1.82, 2.24) is 4.98 Å². The standard InChI is InChI=1S/C12H13N3O4/c16-15(17)9-4-1-5-10-11(9)14-12(19-10)13-8-3-2-6-18-7-8/h1,4-5,8H,2-3,6-7H2,(H,13,14). The van der Waals surface area contributed by atoms with Crippen molar-refractivity contribution in [2.75, 3.05) is 18.5 Å². The summed E-state index contributed by atoms with van der Waals surface area (Å²) >= 11 is 0. The number of hydrogen-bond donors (Lipinski definition) is 1. The smallest absolute Gasteiger partial charge is 0.298 e. The van der Waals surface area contributed by atoms with Crippen molar-refractivity contribution in [3.63, 3.8) is 0 Å². The normalized spacial score (nSPS) is 19.5. The van der Waals surface area contributed by atoms with Crippen molar-refractivity contribution in [2.45, 2.75) is 18.9 Å². The van der Waals surface area contributed by atoms with Crippen LogP contribution in [-0.4, -0.2) is 29.2 Å². The third kappa shape index (κ3) is 2.37. The van der Waals surface area contributed by atoms with E-state index in [9.17, 15) is 10.1 Å². The van der Waals surface area contributed by atoms with Crippen molar-refractivity contribution in [1.29, 1.82) is 0 Å². The Balaban J connectivity index is 1.88. The Morgan fingerprint density at radius 1 is 1.47 bits per heavy atom. The summed E-state index contributed by atoms with van der Waals surface area (Å²) in [5.74, 6) is 0. The largest absolute Gasteiger partial charge is 0.423 e. The Kier molecular flexibility index (Phi) is 3.04. The fourth-order valence-electron chi connectivity index (χ4n) is 2.17. The lowest BCUT2D eigenvalue weighted by atomic mass is 10.1. The number of rotatable bonds is 3. The Labute approximate surface area is 108 Å². The molecular formula is C12H13N3O4. The monoisotopic (exact) mass is 263 g/mol. The lowest BCUT2D eigenvalue weighted by Crippen LogP contribution is -2.30. The number of non-ortho nitro benzene ring substituents is 1. The quantitative estimate of drug-likeness (QED) is 0.675. The second kappa shape index (κ2) is 4.85. The maximum atomic E-state index is 10.9. The molecule has 1 unspecified atom stereocenters. The van der Waals surface area contributed by atoms with E-state index in [0.717, 1.165) is 19.4 Å². The lowest BCUT2D eigenvalue weighted by molar-refractivity contribution is -0.383. The van der Waals surface area contributed by atoms with E-state index < -0.39 is 4.92 Å². The first-order chi connectivity index (χ1) is 9.24. The van der Waals surface area contributed by atoms with E-state index in [1.165, 1.54) is 6.07 Å². The molecule has 0 radical (unpaired) electrons. The number of ether oxygens (including phenoxy) is 1. The SMILES string of the molecule is O=[N+]([O-])c1cccc2oc(NC3CCCOC3)nc12. The van der Waals surface area contributed by atoms with Crippen LogP contribution in [0.4, 0.5) is 11.7 Å². The van der Waals surface area contributed by atoms with E-state index >= 15 is 0 Å². The summed E-state index contributed by atoms with van der Waals surface area (Å²) in [7, 11) is 0. The zero-order valence-corrected chi connectivity index (χ0v) is 10.2. The molecule has 7 heteroatoms. The van der Waals surface area contributed by atoms with Crippen LogP contribution in [-0.2, 0) is 4.74 Å². The lowest BCUT2D eigenvalue weighted by Gasteiger charge is -2.21. The fraction of sp³-hybridized carbons (Fsp3) is 0.417. The zero-order chi connectivity index (χ0) is 13.2. The third-order valence-electron chi connectivity index (χ3n) is 3.08. The molecular weight excluding hydrogens is 250 g/mol. The number of hydrogen-bond acceptors (Lipinski definition) is 6. The maximum Gasteiger partial charge on any atom is 0.298 e. The van der Waals surface area contributed by atoms with E-state index in [-0.39, 0.29) is 17.2 Å². The number of para-hydroxylation sites is 1. The number of nitrogens with zero attached hydrogens (tertiary/aromatic N) is 2. The van der Waals surface area contributed by atoms with Crippen LogP contribution in [0.25, 0.3) is 11.1 Å².